The van der Waals surface area contributed by atoms with E-state index in [0.29, 0.717) is 18.1 Å². The maximum Gasteiger partial charge on any atom is 0.156 e. The largest absolute Gasteiger partial charge is 0.463 e. The Morgan fingerprint density at radius 2 is 2.11 bits per heavy atom. The van der Waals surface area contributed by atoms with Gasteiger partial charge in [-0.15, -0.1) is 0 Å². The summed E-state index contributed by atoms with van der Waals surface area (Å²) in [5, 5.41) is 4.11. The van der Waals surface area contributed by atoms with Crippen molar-refractivity contribution >= 4 is 5.71 Å². The molecular weight excluding hydrogens is 226 g/mol. The maximum atomic E-state index is 5.37. The molecule has 0 atom stereocenters. The highest BCUT2D eigenvalue weighted by molar-refractivity contribution is 6.10. The van der Waals surface area contributed by atoms with Crippen LogP contribution < -0.4 is 0 Å². The molecular formula is C15H15NO2. The van der Waals surface area contributed by atoms with Crippen molar-refractivity contribution in [3.8, 4) is 0 Å². The summed E-state index contributed by atoms with van der Waals surface area (Å²) in [7, 11) is 0. The van der Waals surface area contributed by atoms with Crippen LogP contribution in [0.3, 0.4) is 0 Å². The predicted octanol–water partition coefficient (Wildman–Crippen LogP) is 3.54. The Bertz CT molecular complexity index is 524. The van der Waals surface area contributed by atoms with Gasteiger partial charge in [-0.1, -0.05) is 47.6 Å². The van der Waals surface area contributed by atoms with Crippen molar-refractivity contribution in [2.24, 2.45) is 5.16 Å². The quantitative estimate of drug-likeness (QED) is 0.347. The molecule has 2 rings (SSSR count). The average molecular weight is 241 g/mol. The lowest BCUT2D eigenvalue weighted by Gasteiger charge is -2.04. The normalized spacial score (nSPS) is 11.3. The van der Waals surface area contributed by atoms with E-state index in [1.807, 2.05) is 43.3 Å². The van der Waals surface area contributed by atoms with Gasteiger partial charge in [0.05, 0.1) is 6.26 Å². The third-order valence-electron chi connectivity index (χ3n) is 2.43. The number of rotatable bonds is 5. The van der Waals surface area contributed by atoms with E-state index in [-0.39, 0.29) is 0 Å². The minimum absolute atomic E-state index is 0.371. The first-order chi connectivity index (χ1) is 8.81. The second-order valence-electron chi connectivity index (χ2n) is 3.87. The third kappa shape index (κ3) is 2.88. The molecule has 0 fully saturated rings. The van der Waals surface area contributed by atoms with Gasteiger partial charge in [0.1, 0.15) is 6.61 Å². The van der Waals surface area contributed by atoms with Crippen LogP contribution in [-0.4, -0.2) is 12.3 Å². The number of oxime groups is 1. The molecule has 1 aromatic carbocycles. The second kappa shape index (κ2) is 5.87. The molecule has 0 bridgehead atoms. The lowest BCUT2D eigenvalue weighted by Crippen LogP contribution is -2.03. The molecule has 3 heteroatoms. The number of benzene rings is 1. The lowest BCUT2D eigenvalue weighted by atomic mass is 10.1. The van der Waals surface area contributed by atoms with Crippen molar-refractivity contribution in [2.75, 3.05) is 6.61 Å². The highest BCUT2D eigenvalue weighted by atomic mass is 16.6. The smallest absolute Gasteiger partial charge is 0.156 e. The zero-order chi connectivity index (χ0) is 12.8. The fourth-order valence-corrected chi connectivity index (χ4v) is 1.52. The minimum Gasteiger partial charge on any atom is -0.463 e. The molecule has 0 radical (unpaired) electrons. The average Bonchev–Trinajstić information content (AvgIpc) is 2.90. The number of hydrogen-bond acceptors (Lipinski definition) is 3. The van der Waals surface area contributed by atoms with Crippen molar-refractivity contribution in [1.82, 2.24) is 0 Å². The van der Waals surface area contributed by atoms with E-state index in [0.717, 1.165) is 5.56 Å². The maximum absolute atomic E-state index is 5.37. The summed E-state index contributed by atoms with van der Waals surface area (Å²) in [6.07, 6.45) is 3.27. The van der Waals surface area contributed by atoms with Gasteiger partial charge in [0, 0.05) is 5.56 Å². The number of aryl methyl sites for hydroxylation is 1. The molecule has 0 unspecified atom stereocenters. The molecule has 18 heavy (non-hydrogen) atoms. The van der Waals surface area contributed by atoms with Gasteiger partial charge in [0.15, 0.2) is 11.5 Å². The molecule has 2 aromatic rings. The summed E-state index contributed by atoms with van der Waals surface area (Å²) < 4.78 is 5.37. The molecule has 0 saturated carbocycles. The van der Waals surface area contributed by atoms with Crippen LogP contribution in [0.4, 0.5) is 0 Å². The highest BCUT2D eigenvalue weighted by Crippen LogP contribution is 2.13. The van der Waals surface area contributed by atoms with E-state index >= 15 is 0 Å². The number of furan rings is 1. The van der Waals surface area contributed by atoms with Gasteiger partial charge in [0.25, 0.3) is 0 Å². The van der Waals surface area contributed by atoms with Crippen molar-refractivity contribution in [3.63, 3.8) is 0 Å². The molecule has 1 aromatic heterocycles. The van der Waals surface area contributed by atoms with Crippen molar-refractivity contribution in [2.45, 2.75) is 6.92 Å². The van der Waals surface area contributed by atoms with Crippen LogP contribution in [0.15, 0.2) is 64.9 Å². The van der Waals surface area contributed by atoms with Crippen LogP contribution in [0, 0.1) is 6.92 Å². The third-order valence-corrected chi connectivity index (χ3v) is 2.43. The first kappa shape index (κ1) is 12.2. The fourth-order valence-electron chi connectivity index (χ4n) is 1.52. The molecule has 0 spiro atoms. The van der Waals surface area contributed by atoms with E-state index in [9.17, 15) is 0 Å². The molecule has 0 aliphatic rings. The molecule has 0 N–H and O–H groups in total. The Balaban J connectivity index is 2.33. The summed E-state index contributed by atoms with van der Waals surface area (Å²) in [4.78, 5) is 5.16. The van der Waals surface area contributed by atoms with Crippen molar-refractivity contribution in [3.05, 3.63) is 72.2 Å². The second-order valence-corrected chi connectivity index (χ2v) is 3.87. The van der Waals surface area contributed by atoms with Crippen LogP contribution in [0.2, 0.25) is 0 Å². The Kier molecular flexibility index (Phi) is 3.97. The van der Waals surface area contributed by atoms with E-state index in [2.05, 4.69) is 11.7 Å². The first-order valence-corrected chi connectivity index (χ1v) is 5.73. The van der Waals surface area contributed by atoms with Gasteiger partial charge in [-0.05, 0) is 19.1 Å². The van der Waals surface area contributed by atoms with Crippen molar-refractivity contribution < 1.29 is 9.25 Å². The summed E-state index contributed by atoms with van der Waals surface area (Å²) in [6, 6.07) is 11.7. The summed E-state index contributed by atoms with van der Waals surface area (Å²) in [5.41, 5.74) is 2.84. The van der Waals surface area contributed by atoms with Gasteiger partial charge in [0.2, 0.25) is 0 Å². The Hall–Kier alpha value is -2.29. The zero-order valence-electron chi connectivity index (χ0n) is 10.3. The van der Waals surface area contributed by atoms with Gasteiger partial charge >= 0.3 is 0 Å². The fraction of sp³-hybridized carbons (Fsp3) is 0.133. The van der Waals surface area contributed by atoms with Gasteiger partial charge in [-0.3, -0.25) is 0 Å². The SMILES string of the molecule is C=CCON=C(c1ccc(C)cc1)c1ccco1. The van der Waals surface area contributed by atoms with E-state index < -0.39 is 0 Å². The van der Waals surface area contributed by atoms with E-state index in [1.165, 1.54) is 5.56 Å². The first-order valence-electron chi connectivity index (χ1n) is 5.73. The van der Waals surface area contributed by atoms with Crippen LogP contribution in [0.5, 0.6) is 0 Å². The van der Waals surface area contributed by atoms with Crippen LogP contribution in [0.25, 0.3) is 0 Å². The zero-order valence-corrected chi connectivity index (χ0v) is 10.3. The summed E-state index contributed by atoms with van der Waals surface area (Å²) >= 11 is 0. The van der Waals surface area contributed by atoms with Gasteiger partial charge < -0.3 is 9.25 Å². The Morgan fingerprint density at radius 3 is 2.72 bits per heavy atom. The van der Waals surface area contributed by atoms with Gasteiger partial charge in [-0.25, -0.2) is 0 Å². The number of nitrogens with zero attached hydrogens (tertiary/aromatic N) is 1. The standard InChI is InChI=1S/C15H15NO2/c1-3-10-18-16-15(14-5-4-11-17-14)13-8-6-12(2)7-9-13/h3-9,11H,1,10H2,2H3. The molecule has 0 aliphatic heterocycles. The minimum atomic E-state index is 0.371. The Morgan fingerprint density at radius 1 is 1.33 bits per heavy atom. The Labute approximate surface area is 106 Å². The summed E-state index contributed by atoms with van der Waals surface area (Å²) in [6.45, 7) is 6.00. The number of hydrogen-bond donors (Lipinski definition) is 0. The van der Waals surface area contributed by atoms with Crippen LogP contribution in [0.1, 0.15) is 16.9 Å². The molecule has 0 saturated heterocycles. The topological polar surface area (TPSA) is 34.7 Å². The van der Waals surface area contributed by atoms with E-state index in [4.69, 9.17) is 9.25 Å². The van der Waals surface area contributed by atoms with Crippen LogP contribution >= 0.6 is 0 Å². The highest BCUT2D eigenvalue weighted by Gasteiger charge is 2.10. The van der Waals surface area contributed by atoms with Crippen molar-refractivity contribution in [1.29, 1.82) is 0 Å². The molecule has 0 amide bonds. The molecule has 0 aliphatic carbocycles. The lowest BCUT2D eigenvalue weighted by molar-refractivity contribution is 0.174. The predicted molar refractivity (Wildman–Crippen MR) is 71.7 cm³/mol. The molecule has 92 valence electrons. The molecule has 3 nitrogen and oxygen atoms in total. The van der Waals surface area contributed by atoms with Gasteiger partial charge in [-0.2, -0.15) is 0 Å². The summed E-state index contributed by atoms with van der Waals surface area (Å²) in [5.74, 6) is 0.683. The monoisotopic (exact) mass is 241 g/mol. The van der Waals surface area contributed by atoms with Crippen LogP contribution in [-0.2, 0) is 4.84 Å². The molecule has 1 heterocycles. The van der Waals surface area contributed by atoms with E-state index in [1.54, 1.807) is 12.3 Å².